The van der Waals surface area contributed by atoms with Gasteiger partial charge < -0.3 is 20.3 Å². The van der Waals surface area contributed by atoms with Crippen molar-refractivity contribution in [1.29, 1.82) is 0 Å². The first-order chi connectivity index (χ1) is 9.32. The summed E-state index contributed by atoms with van der Waals surface area (Å²) < 4.78 is 31.7. The number of phenolic OH excluding ortho intramolecular Hbond substituents is 1. The van der Waals surface area contributed by atoms with Crippen molar-refractivity contribution < 1.29 is 28.5 Å². The number of aliphatic hydroxyl groups excluding tert-OH is 1. The third-order valence-corrected chi connectivity index (χ3v) is 2.81. The second-order valence-corrected chi connectivity index (χ2v) is 4.24. The molecule has 0 saturated heterocycles. The smallest absolute Gasteiger partial charge is 0.349 e. The van der Waals surface area contributed by atoms with E-state index < -0.39 is 17.9 Å². The maximum absolute atomic E-state index is 13.4. The minimum atomic E-state index is -3.84. The van der Waals surface area contributed by atoms with Crippen molar-refractivity contribution in [2.75, 3.05) is 7.11 Å². The summed E-state index contributed by atoms with van der Waals surface area (Å²) >= 11 is 0. The lowest BCUT2D eigenvalue weighted by atomic mass is 10.1. The molecule has 0 aromatic heterocycles. The molecular formula is C13H17F2NO4. The highest BCUT2D eigenvalue weighted by molar-refractivity contribution is 5.84. The first kappa shape index (κ1) is 16.2. The van der Waals surface area contributed by atoms with E-state index in [-0.39, 0.29) is 24.5 Å². The van der Waals surface area contributed by atoms with E-state index >= 15 is 0 Å². The van der Waals surface area contributed by atoms with Crippen LogP contribution < -0.4 is 10.1 Å². The van der Waals surface area contributed by atoms with Crippen LogP contribution in [0.25, 0.3) is 0 Å². The van der Waals surface area contributed by atoms with Gasteiger partial charge in [-0.15, -0.1) is 0 Å². The zero-order valence-corrected chi connectivity index (χ0v) is 11.2. The largest absolute Gasteiger partial charge is 0.504 e. The van der Waals surface area contributed by atoms with Crippen LogP contribution in [-0.2, 0) is 11.3 Å². The van der Waals surface area contributed by atoms with Crippen LogP contribution in [0.2, 0.25) is 0 Å². The summed E-state index contributed by atoms with van der Waals surface area (Å²) in [6.07, 6.45) is -2.25. The third-order valence-electron chi connectivity index (χ3n) is 2.81. The number of hydrogen-bond donors (Lipinski definition) is 3. The van der Waals surface area contributed by atoms with Gasteiger partial charge in [0.05, 0.1) is 7.11 Å². The quantitative estimate of drug-likeness (QED) is 0.740. The lowest BCUT2D eigenvalue weighted by Crippen LogP contribution is -2.47. The summed E-state index contributed by atoms with van der Waals surface area (Å²) in [4.78, 5) is 11.4. The number of nitrogens with one attached hydrogen (secondary N) is 1. The monoisotopic (exact) mass is 289 g/mol. The number of aliphatic hydroxyl groups is 1. The Kier molecular flexibility index (Phi) is 5.26. The summed E-state index contributed by atoms with van der Waals surface area (Å²) in [5, 5.41) is 20.5. The van der Waals surface area contributed by atoms with Crippen LogP contribution in [0, 0.1) is 0 Å². The number of benzene rings is 1. The molecule has 1 amide bonds. The van der Waals surface area contributed by atoms with Crippen LogP contribution in [0.1, 0.15) is 18.9 Å². The number of halogens is 2. The molecule has 0 aliphatic rings. The summed E-state index contributed by atoms with van der Waals surface area (Å²) in [6.45, 7) is 1.19. The van der Waals surface area contributed by atoms with Gasteiger partial charge in [-0.2, -0.15) is 8.78 Å². The summed E-state index contributed by atoms with van der Waals surface area (Å²) in [5.74, 6) is -5.29. The molecule has 0 radical (unpaired) electrons. The molecule has 7 heteroatoms. The van der Waals surface area contributed by atoms with Gasteiger partial charge in [0.15, 0.2) is 11.5 Å². The molecule has 1 aromatic carbocycles. The van der Waals surface area contributed by atoms with Crippen LogP contribution in [0.4, 0.5) is 8.78 Å². The normalized spacial score (nSPS) is 12.8. The topological polar surface area (TPSA) is 78.8 Å². The molecule has 0 saturated carbocycles. The predicted octanol–water partition coefficient (Wildman–Crippen LogP) is 1.42. The standard InChI is InChI=1S/C13H17F2NO4/c1-3-11(18)13(14,15)12(19)16-7-8-4-5-9(17)10(6-8)20-2/h4-6,11,17-18H,3,7H2,1-2H3,(H,16,19). The second-order valence-electron chi connectivity index (χ2n) is 4.24. The molecule has 20 heavy (non-hydrogen) atoms. The van der Waals surface area contributed by atoms with Crippen molar-refractivity contribution in [2.24, 2.45) is 0 Å². The predicted molar refractivity (Wildman–Crippen MR) is 67.8 cm³/mol. The average Bonchev–Trinajstić information content (AvgIpc) is 2.44. The van der Waals surface area contributed by atoms with Crippen molar-refractivity contribution in [3.8, 4) is 11.5 Å². The fourth-order valence-corrected chi connectivity index (χ4v) is 1.54. The molecule has 0 aliphatic heterocycles. The Balaban J connectivity index is 2.70. The molecule has 3 N–H and O–H groups in total. The summed E-state index contributed by atoms with van der Waals surface area (Å²) in [7, 11) is 1.35. The van der Waals surface area contributed by atoms with Crippen LogP contribution in [-0.4, -0.2) is 35.3 Å². The van der Waals surface area contributed by atoms with Crippen LogP contribution in [0.15, 0.2) is 18.2 Å². The van der Waals surface area contributed by atoms with E-state index in [1.54, 1.807) is 0 Å². The Morgan fingerprint density at radius 2 is 2.15 bits per heavy atom. The summed E-state index contributed by atoms with van der Waals surface area (Å²) in [5.41, 5.74) is 0.481. The molecule has 1 rings (SSSR count). The lowest BCUT2D eigenvalue weighted by molar-refractivity contribution is -0.163. The molecule has 5 nitrogen and oxygen atoms in total. The molecule has 0 fully saturated rings. The Bertz CT molecular complexity index is 479. The minimum Gasteiger partial charge on any atom is -0.504 e. The van der Waals surface area contributed by atoms with Gasteiger partial charge in [-0.25, -0.2) is 0 Å². The van der Waals surface area contributed by atoms with Gasteiger partial charge in [0.25, 0.3) is 5.91 Å². The molecule has 1 aromatic rings. The van der Waals surface area contributed by atoms with Crippen molar-refractivity contribution in [1.82, 2.24) is 5.32 Å². The molecule has 1 unspecified atom stereocenters. The molecule has 0 spiro atoms. The fraction of sp³-hybridized carbons (Fsp3) is 0.462. The molecule has 1 atom stereocenters. The highest BCUT2D eigenvalue weighted by Crippen LogP contribution is 2.26. The van der Waals surface area contributed by atoms with Crippen LogP contribution in [0.5, 0.6) is 11.5 Å². The van der Waals surface area contributed by atoms with Gasteiger partial charge in [-0.05, 0) is 24.1 Å². The van der Waals surface area contributed by atoms with Gasteiger partial charge in [0.1, 0.15) is 6.10 Å². The van der Waals surface area contributed by atoms with Crippen molar-refractivity contribution >= 4 is 5.91 Å². The lowest BCUT2D eigenvalue weighted by Gasteiger charge is -2.20. The molecule has 0 bridgehead atoms. The van der Waals surface area contributed by atoms with E-state index in [0.717, 1.165) is 0 Å². The van der Waals surface area contributed by atoms with Gasteiger partial charge in [-0.1, -0.05) is 13.0 Å². The minimum absolute atomic E-state index is 0.0886. The van der Waals surface area contributed by atoms with E-state index in [4.69, 9.17) is 9.84 Å². The maximum Gasteiger partial charge on any atom is 0.349 e. The second kappa shape index (κ2) is 6.51. The number of phenols is 1. The Hall–Kier alpha value is -1.89. The van der Waals surface area contributed by atoms with E-state index in [1.807, 2.05) is 5.32 Å². The molecular weight excluding hydrogens is 272 g/mol. The number of ether oxygens (including phenoxy) is 1. The molecule has 112 valence electrons. The number of alkyl halides is 2. The zero-order valence-electron chi connectivity index (χ0n) is 11.2. The highest BCUT2D eigenvalue weighted by Gasteiger charge is 2.45. The molecule has 0 aliphatic carbocycles. The van der Waals surface area contributed by atoms with Gasteiger partial charge in [-0.3, -0.25) is 4.79 Å². The van der Waals surface area contributed by atoms with Crippen LogP contribution in [0.3, 0.4) is 0 Å². The number of aromatic hydroxyl groups is 1. The van der Waals surface area contributed by atoms with E-state index in [1.165, 1.54) is 32.2 Å². The van der Waals surface area contributed by atoms with Gasteiger partial charge in [0.2, 0.25) is 0 Å². The Labute approximate surface area is 115 Å². The average molecular weight is 289 g/mol. The Morgan fingerprint density at radius 3 is 2.70 bits per heavy atom. The number of carbonyl (C=O) groups excluding carboxylic acids is 1. The number of carbonyl (C=O) groups is 1. The maximum atomic E-state index is 13.4. The highest BCUT2D eigenvalue weighted by atomic mass is 19.3. The summed E-state index contributed by atoms with van der Waals surface area (Å²) in [6, 6.07) is 4.22. The number of hydrogen-bond acceptors (Lipinski definition) is 4. The SMILES string of the molecule is CCC(O)C(F)(F)C(=O)NCc1ccc(O)c(OC)c1. The Morgan fingerprint density at radius 1 is 1.50 bits per heavy atom. The number of rotatable bonds is 6. The number of methoxy groups -OCH3 is 1. The van der Waals surface area contributed by atoms with E-state index in [2.05, 4.69) is 0 Å². The van der Waals surface area contributed by atoms with E-state index in [9.17, 15) is 18.7 Å². The first-order valence-electron chi connectivity index (χ1n) is 6.03. The third kappa shape index (κ3) is 3.57. The van der Waals surface area contributed by atoms with Crippen molar-refractivity contribution in [3.05, 3.63) is 23.8 Å². The van der Waals surface area contributed by atoms with Crippen molar-refractivity contribution in [2.45, 2.75) is 31.9 Å². The molecule has 0 heterocycles. The van der Waals surface area contributed by atoms with Gasteiger partial charge in [0, 0.05) is 6.54 Å². The van der Waals surface area contributed by atoms with Crippen molar-refractivity contribution in [3.63, 3.8) is 0 Å². The zero-order chi connectivity index (χ0) is 15.3. The first-order valence-corrected chi connectivity index (χ1v) is 6.03. The van der Waals surface area contributed by atoms with Gasteiger partial charge >= 0.3 is 5.92 Å². The van der Waals surface area contributed by atoms with Crippen LogP contribution >= 0.6 is 0 Å². The number of amides is 1. The fourth-order valence-electron chi connectivity index (χ4n) is 1.54. The van der Waals surface area contributed by atoms with E-state index in [0.29, 0.717) is 5.56 Å².